The van der Waals surface area contributed by atoms with E-state index in [9.17, 15) is 14.7 Å². The van der Waals surface area contributed by atoms with E-state index in [1.54, 1.807) is 36.4 Å². The molecule has 0 aliphatic carbocycles. The van der Waals surface area contributed by atoms with Gasteiger partial charge in [0.15, 0.2) is 0 Å². The van der Waals surface area contributed by atoms with Crippen LogP contribution in [0.5, 0.6) is 17.2 Å². The predicted octanol–water partition coefficient (Wildman–Crippen LogP) is 3.88. The number of hydrogen-bond acceptors (Lipinski definition) is 7. The van der Waals surface area contributed by atoms with Crippen LogP contribution in [0.15, 0.2) is 79.0 Å². The quantitative estimate of drug-likeness (QED) is 0.434. The predicted molar refractivity (Wildman–Crippen MR) is 104 cm³/mol. The van der Waals surface area contributed by atoms with Crippen LogP contribution in [0.3, 0.4) is 0 Å². The summed E-state index contributed by atoms with van der Waals surface area (Å²) in [6.45, 7) is 0.00620. The van der Waals surface area contributed by atoms with Gasteiger partial charge in [-0.25, -0.2) is 0 Å². The van der Waals surface area contributed by atoms with Gasteiger partial charge in [0.25, 0.3) is 0 Å². The van der Waals surface area contributed by atoms with E-state index in [1.807, 2.05) is 6.07 Å². The molecule has 2 heterocycles. The number of hydrogen-bond donors (Lipinski definition) is 0. The van der Waals surface area contributed by atoms with Crippen LogP contribution in [-0.4, -0.2) is 5.97 Å². The molecule has 0 unspecified atom stereocenters. The lowest BCUT2D eigenvalue weighted by atomic mass is 10.2. The molecule has 0 aliphatic rings. The number of rotatable bonds is 6. The first kappa shape index (κ1) is 18.8. The molecule has 0 N–H and O–H groups in total. The molecule has 7 nitrogen and oxygen atoms in total. The minimum absolute atomic E-state index is 0.00620. The number of carboxylic acid groups (broad SMARTS) is 1. The second kappa shape index (κ2) is 7.84. The summed E-state index contributed by atoms with van der Waals surface area (Å²) in [4.78, 5) is 23.4. The normalized spacial score (nSPS) is 10.8. The minimum Gasteiger partial charge on any atom is -0.542 e. The number of benzene rings is 2. The van der Waals surface area contributed by atoms with Crippen molar-refractivity contribution in [2.45, 2.75) is 6.61 Å². The van der Waals surface area contributed by atoms with E-state index in [0.717, 1.165) is 0 Å². The lowest BCUT2D eigenvalue weighted by Crippen LogP contribution is -2.21. The number of para-hydroxylation sites is 1. The van der Waals surface area contributed by atoms with Crippen LogP contribution in [0.1, 0.15) is 16.3 Å². The van der Waals surface area contributed by atoms with Gasteiger partial charge in [-0.15, -0.1) is 0 Å². The largest absolute Gasteiger partial charge is 0.542 e. The second-order valence-corrected chi connectivity index (χ2v) is 6.82. The fourth-order valence-corrected chi connectivity index (χ4v) is 2.98. The third-order valence-corrected chi connectivity index (χ3v) is 4.67. The van der Waals surface area contributed by atoms with Crippen LogP contribution >= 0.6 is 15.9 Å². The average molecular weight is 456 g/mol. The number of aromatic carboxylic acids is 1. The van der Waals surface area contributed by atoms with Gasteiger partial charge in [0, 0.05) is 6.07 Å². The highest BCUT2D eigenvalue weighted by Crippen LogP contribution is 2.29. The van der Waals surface area contributed by atoms with E-state index < -0.39 is 5.97 Å². The number of carboxylic acids is 1. The Labute approximate surface area is 172 Å². The molecule has 0 saturated carbocycles. The summed E-state index contributed by atoms with van der Waals surface area (Å²) < 4.78 is 22.5. The van der Waals surface area contributed by atoms with Crippen LogP contribution in [0.25, 0.3) is 11.0 Å². The Kier molecular flexibility index (Phi) is 5.09. The van der Waals surface area contributed by atoms with Crippen molar-refractivity contribution >= 4 is 32.9 Å². The van der Waals surface area contributed by atoms with Gasteiger partial charge in [0.2, 0.25) is 11.2 Å². The topological polar surface area (TPSA) is 102 Å². The lowest BCUT2D eigenvalue weighted by molar-refractivity contribution is -0.257. The summed E-state index contributed by atoms with van der Waals surface area (Å²) in [6, 6.07) is 14.7. The third-order valence-electron chi connectivity index (χ3n) is 4.01. The van der Waals surface area contributed by atoms with Crippen molar-refractivity contribution in [3.05, 3.63) is 87.1 Å². The zero-order valence-electron chi connectivity index (χ0n) is 14.7. The Morgan fingerprint density at radius 2 is 1.90 bits per heavy atom. The van der Waals surface area contributed by atoms with E-state index >= 15 is 0 Å². The molecule has 2 aromatic heterocycles. The Morgan fingerprint density at radius 3 is 2.66 bits per heavy atom. The molecule has 29 heavy (non-hydrogen) atoms. The monoisotopic (exact) mass is 455 g/mol. The second-order valence-electron chi connectivity index (χ2n) is 5.96. The van der Waals surface area contributed by atoms with Crippen LogP contribution in [-0.2, 0) is 6.61 Å². The molecule has 0 bridgehead atoms. The maximum atomic E-state index is 12.7. The highest BCUT2D eigenvalue weighted by molar-refractivity contribution is 9.10. The summed E-state index contributed by atoms with van der Waals surface area (Å²) in [6.07, 6.45) is 1.24. The van der Waals surface area contributed by atoms with E-state index in [4.69, 9.17) is 18.3 Å². The van der Waals surface area contributed by atoms with Crippen molar-refractivity contribution < 1.29 is 28.2 Å². The third kappa shape index (κ3) is 4.02. The minimum atomic E-state index is -1.40. The van der Waals surface area contributed by atoms with Gasteiger partial charge in [0.1, 0.15) is 47.4 Å². The van der Waals surface area contributed by atoms with Crippen molar-refractivity contribution in [2.24, 2.45) is 0 Å². The molecule has 0 amide bonds. The summed E-state index contributed by atoms with van der Waals surface area (Å²) >= 11 is 3.37. The van der Waals surface area contributed by atoms with Crippen molar-refractivity contribution in [3.8, 4) is 17.2 Å². The summed E-state index contributed by atoms with van der Waals surface area (Å²) in [5, 5.41) is 11.1. The standard InChI is InChI=1S/C21H13BrO7/c22-15-3-1-2-4-16(15)29-19-11-27-18-9-12(5-7-14(18)20(19)23)26-10-13-6-8-17(28-13)21(24)25/h1-9,11H,10H2,(H,24,25)/p-1. The number of carbonyl (C=O) groups excluding carboxylic acids is 1. The Hall–Kier alpha value is -3.52. The highest BCUT2D eigenvalue weighted by Gasteiger charge is 2.12. The SMILES string of the molecule is O=C([O-])c1ccc(COc2ccc3c(=O)c(Oc4ccccc4Br)coc3c2)o1. The molecule has 2 aromatic carbocycles. The molecule has 0 saturated heterocycles. The van der Waals surface area contributed by atoms with Gasteiger partial charge in [-0.05, 0) is 52.3 Å². The zero-order valence-corrected chi connectivity index (χ0v) is 16.3. The first-order valence-corrected chi connectivity index (χ1v) is 9.21. The van der Waals surface area contributed by atoms with E-state index in [-0.39, 0.29) is 23.5 Å². The molecule has 0 spiro atoms. The Morgan fingerprint density at radius 1 is 1.07 bits per heavy atom. The number of halogens is 1. The van der Waals surface area contributed by atoms with Crippen molar-refractivity contribution in [1.29, 1.82) is 0 Å². The summed E-state index contributed by atoms with van der Waals surface area (Å²) in [7, 11) is 0. The molecule has 146 valence electrons. The maximum Gasteiger partial charge on any atom is 0.235 e. The van der Waals surface area contributed by atoms with Crippen molar-refractivity contribution in [3.63, 3.8) is 0 Å². The van der Waals surface area contributed by atoms with Gasteiger partial charge >= 0.3 is 0 Å². The van der Waals surface area contributed by atoms with Gasteiger partial charge in [-0.3, -0.25) is 4.79 Å². The fraction of sp³-hybridized carbons (Fsp3) is 0.0476. The average Bonchev–Trinajstić information content (AvgIpc) is 3.19. The van der Waals surface area contributed by atoms with E-state index in [0.29, 0.717) is 32.7 Å². The first-order chi connectivity index (χ1) is 14.0. The maximum absolute atomic E-state index is 12.7. The summed E-state index contributed by atoms with van der Waals surface area (Å²) in [5.74, 6) is -0.374. The molecular weight excluding hydrogens is 444 g/mol. The fourth-order valence-electron chi connectivity index (χ4n) is 2.62. The first-order valence-electron chi connectivity index (χ1n) is 8.42. The van der Waals surface area contributed by atoms with Gasteiger partial charge in [0.05, 0.1) is 9.86 Å². The van der Waals surface area contributed by atoms with Crippen LogP contribution < -0.4 is 20.0 Å². The molecule has 0 atom stereocenters. The molecule has 0 radical (unpaired) electrons. The lowest BCUT2D eigenvalue weighted by Gasteiger charge is -2.08. The van der Waals surface area contributed by atoms with E-state index in [1.165, 1.54) is 18.4 Å². The highest BCUT2D eigenvalue weighted by atomic mass is 79.9. The van der Waals surface area contributed by atoms with Gasteiger partial charge in [-0.2, -0.15) is 0 Å². The molecule has 0 aliphatic heterocycles. The van der Waals surface area contributed by atoms with Crippen LogP contribution in [0.2, 0.25) is 0 Å². The molecule has 4 rings (SSSR count). The van der Waals surface area contributed by atoms with Crippen molar-refractivity contribution in [1.82, 2.24) is 0 Å². The van der Waals surface area contributed by atoms with Crippen molar-refractivity contribution in [2.75, 3.05) is 0 Å². The number of fused-ring (bicyclic) bond motifs is 1. The van der Waals surface area contributed by atoms with Crippen LogP contribution in [0, 0.1) is 0 Å². The zero-order chi connectivity index (χ0) is 20.4. The molecule has 4 aromatic rings. The Bertz CT molecular complexity index is 1260. The number of furan rings is 1. The number of carbonyl (C=O) groups is 1. The summed E-state index contributed by atoms with van der Waals surface area (Å²) in [5.41, 5.74) is 0.0000323. The Balaban J connectivity index is 1.54. The molecule has 8 heteroatoms. The number of ether oxygens (including phenoxy) is 2. The molecule has 0 fully saturated rings. The van der Waals surface area contributed by atoms with Crippen LogP contribution in [0.4, 0.5) is 0 Å². The molecular formula is C21H12BrO7-. The van der Waals surface area contributed by atoms with E-state index in [2.05, 4.69) is 15.9 Å². The van der Waals surface area contributed by atoms with Gasteiger partial charge in [-0.1, -0.05) is 12.1 Å². The smallest absolute Gasteiger partial charge is 0.235 e. The van der Waals surface area contributed by atoms with Gasteiger partial charge < -0.3 is 28.2 Å².